The predicted molar refractivity (Wildman–Crippen MR) is 106 cm³/mol. The van der Waals surface area contributed by atoms with Crippen LogP contribution in [0.2, 0.25) is 0 Å². The Morgan fingerprint density at radius 1 is 1.04 bits per heavy atom. The van der Waals surface area contributed by atoms with Gasteiger partial charge in [0, 0.05) is 25.2 Å². The van der Waals surface area contributed by atoms with E-state index < -0.39 is 10.0 Å². The van der Waals surface area contributed by atoms with Crippen molar-refractivity contribution in [2.45, 2.75) is 38.1 Å². The molecule has 1 heterocycles. The standard InChI is InChI=1S/C21H26N2O3S/c1-16-3-5-18(6-4-16)15-22-21(24)19-7-9-20(10-8-19)27(25,26)23-13-11-17(2)12-14-23/h3-10,17H,11-15H2,1-2H3,(H,22,24). The van der Waals surface area contributed by atoms with Gasteiger partial charge in [-0.05, 0) is 55.5 Å². The summed E-state index contributed by atoms with van der Waals surface area (Å²) in [6, 6.07) is 14.1. The SMILES string of the molecule is Cc1ccc(CNC(=O)c2ccc(S(=O)(=O)N3CCC(C)CC3)cc2)cc1. The molecule has 6 heteroatoms. The highest BCUT2D eigenvalue weighted by Gasteiger charge is 2.28. The Morgan fingerprint density at radius 3 is 2.22 bits per heavy atom. The molecule has 0 bridgehead atoms. The summed E-state index contributed by atoms with van der Waals surface area (Å²) in [5.74, 6) is 0.349. The normalized spacial score (nSPS) is 16.2. The molecule has 3 rings (SSSR count). The molecular weight excluding hydrogens is 360 g/mol. The fourth-order valence-corrected chi connectivity index (χ4v) is 4.61. The van der Waals surface area contributed by atoms with Crippen LogP contribution in [0.1, 0.15) is 41.3 Å². The van der Waals surface area contributed by atoms with Crippen LogP contribution in [0.5, 0.6) is 0 Å². The van der Waals surface area contributed by atoms with E-state index in [-0.39, 0.29) is 10.8 Å². The smallest absolute Gasteiger partial charge is 0.251 e. The van der Waals surface area contributed by atoms with Crippen LogP contribution in [-0.4, -0.2) is 31.7 Å². The van der Waals surface area contributed by atoms with E-state index in [4.69, 9.17) is 0 Å². The molecular formula is C21H26N2O3S. The first-order valence-corrected chi connectivity index (χ1v) is 10.7. The molecule has 1 fully saturated rings. The Labute approximate surface area is 161 Å². The van der Waals surface area contributed by atoms with Crippen LogP contribution in [0.3, 0.4) is 0 Å². The molecule has 0 unspecified atom stereocenters. The molecule has 0 aliphatic carbocycles. The zero-order valence-electron chi connectivity index (χ0n) is 15.8. The van der Waals surface area contributed by atoms with Gasteiger partial charge in [0.05, 0.1) is 4.90 Å². The average molecular weight is 387 g/mol. The number of nitrogens with one attached hydrogen (secondary N) is 1. The fraction of sp³-hybridized carbons (Fsp3) is 0.381. The number of amides is 1. The Kier molecular flexibility index (Phi) is 5.97. The van der Waals surface area contributed by atoms with Crippen LogP contribution in [0.4, 0.5) is 0 Å². The average Bonchev–Trinajstić information content (AvgIpc) is 2.68. The van der Waals surface area contributed by atoms with Gasteiger partial charge in [0.15, 0.2) is 0 Å². The van der Waals surface area contributed by atoms with Crippen molar-refractivity contribution in [1.82, 2.24) is 9.62 Å². The molecule has 5 nitrogen and oxygen atoms in total. The molecule has 144 valence electrons. The summed E-state index contributed by atoms with van der Waals surface area (Å²) in [6.45, 7) is 5.71. The van der Waals surface area contributed by atoms with Crippen LogP contribution in [0.25, 0.3) is 0 Å². The molecule has 0 aromatic heterocycles. The molecule has 27 heavy (non-hydrogen) atoms. The maximum atomic E-state index is 12.7. The summed E-state index contributed by atoms with van der Waals surface area (Å²) in [5.41, 5.74) is 2.64. The Morgan fingerprint density at radius 2 is 1.63 bits per heavy atom. The van der Waals surface area contributed by atoms with Gasteiger partial charge >= 0.3 is 0 Å². The Bertz CT molecular complexity index is 882. The number of hydrogen-bond donors (Lipinski definition) is 1. The molecule has 1 N–H and O–H groups in total. The number of aryl methyl sites for hydroxylation is 1. The van der Waals surface area contributed by atoms with Crippen LogP contribution in [-0.2, 0) is 16.6 Å². The highest BCUT2D eigenvalue weighted by atomic mass is 32.2. The Balaban J connectivity index is 1.63. The van der Waals surface area contributed by atoms with Gasteiger partial charge in [-0.25, -0.2) is 8.42 Å². The van der Waals surface area contributed by atoms with E-state index in [1.807, 2.05) is 31.2 Å². The molecule has 2 aromatic carbocycles. The van der Waals surface area contributed by atoms with E-state index in [9.17, 15) is 13.2 Å². The molecule has 0 radical (unpaired) electrons. The number of rotatable bonds is 5. The van der Waals surface area contributed by atoms with Crippen molar-refractivity contribution in [2.24, 2.45) is 5.92 Å². The van der Waals surface area contributed by atoms with E-state index in [1.54, 1.807) is 16.4 Å². The number of benzene rings is 2. The summed E-state index contributed by atoms with van der Waals surface area (Å²) in [5, 5.41) is 2.86. The lowest BCUT2D eigenvalue weighted by Gasteiger charge is -2.29. The second-order valence-corrected chi connectivity index (χ2v) is 9.22. The first-order chi connectivity index (χ1) is 12.9. The number of sulfonamides is 1. The quantitative estimate of drug-likeness (QED) is 0.857. The molecule has 0 atom stereocenters. The summed E-state index contributed by atoms with van der Waals surface area (Å²) in [6.07, 6.45) is 1.78. The van der Waals surface area contributed by atoms with Crippen molar-refractivity contribution in [1.29, 1.82) is 0 Å². The number of piperidine rings is 1. The summed E-state index contributed by atoms with van der Waals surface area (Å²) >= 11 is 0. The van der Waals surface area contributed by atoms with Gasteiger partial charge in [-0.2, -0.15) is 4.31 Å². The van der Waals surface area contributed by atoms with E-state index in [2.05, 4.69) is 12.2 Å². The van der Waals surface area contributed by atoms with Gasteiger partial charge in [-0.3, -0.25) is 4.79 Å². The van der Waals surface area contributed by atoms with Crippen molar-refractivity contribution < 1.29 is 13.2 Å². The minimum absolute atomic E-state index is 0.216. The maximum Gasteiger partial charge on any atom is 0.251 e. The summed E-state index contributed by atoms with van der Waals surface area (Å²) in [4.78, 5) is 12.6. The molecule has 0 spiro atoms. The van der Waals surface area contributed by atoms with Crippen molar-refractivity contribution in [2.75, 3.05) is 13.1 Å². The monoisotopic (exact) mass is 386 g/mol. The van der Waals surface area contributed by atoms with Crippen molar-refractivity contribution in [3.05, 3.63) is 65.2 Å². The lowest BCUT2D eigenvalue weighted by Crippen LogP contribution is -2.37. The molecule has 0 saturated carbocycles. The largest absolute Gasteiger partial charge is 0.348 e. The van der Waals surface area contributed by atoms with Crippen LogP contribution in [0, 0.1) is 12.8 Å². The van der Waals surface area contributed by atoms with Gasteiger partial charge in [0.25, 0.3) is 5.91 Å². The first-order valence-electron chi connectivity index (χ1n) is 9.30. The molecule has 1 aliphatic heterocycles. The number of nitrogens with zero attached hydrogens (tertiary/aromatic N) is 1. The highest BCUT2D eigenvalue weighted by Crippen LogP contribution is 2.23. The van der Waals surface area contributed by atoms with Crippen LogP contribution < -0.4 is 5.32 Å². The van der Waals surface area contributed by atoms with Crippen molar-refractivity contribution in [3.63, 3.8) is 0 Å². The van der Waals surface area contributed by atoms with Gasteiger partial charge < -0.3 is 5.32 Å². The summed E-state index contributed by atoms with van der Waals surface area (Å²) < 4.78 is 27.0. The van der Waals surface area contributed by atoms with E-state index >= 15 is 0 Å². The summed E-state index contributed by atoms with van der Waals surface area (Å²) in [7, 11) is -3.49. The van der Waals surface area contributed by atoms with Crippen LogP contribution in [0.15, 0.2) is 53.4 Å². The zero-order chi connectivity index (χ0) is 19.4. The fourth-order valence-electron chi connectivity index (χ4n) is 3.14. The zero-order valence-corrected chi connectivity index (χ0v) is 16.6. The molecule has 1 amide bonds. The lowest BCUT2D eigenvalue weighted by atomic mass is 10.0. The predicted octanol–water partition coefficient (Wildman–Crippen LogP) is 3.35. The van der Waals surface area contributed by atoms with E-state index in [0.29, 0.717) is 31.1 Å². The minimum atomic E-state index is -3.49. The van der Waals surface area contributed by atoms with Crippen molar-refractivity contribution >= 4 is 15.9 Å². The van der Waals surface area contributed by atoms with Crippen molar-refractivity contribution in [3.8, 4) is 0 Å². The number of hydrogen-bond acceptors (Lipinski definition) is 3. The Hall–Kier alpha value is -2.18. The topological polar surface area (TPSA) is 66.5 Å². The van der Waals surface area contributed by atoms with E-state index in [1.165, 1.54) is 17.7 Å². The number of carbonyl (C=O) groups excluding carboxylic acids is 1. The van der Waals surface area contributed by atoms with Gasteiger partial charge in [-0.15, -0.1) is 0 Å². The van der Waals surface area contributed by atoms with Gasteiger partial charge in [0.1, 0.15) is 0 Å². The highest BCUT2D eigenvalue weighted by molar-refractivity contribution is 7.89. The second kappa shape index (κ2) is 8.23. The minimum Gasteiger partial charge on any atom is -0.348 e. The molecule has 1 saturated heterocycles. The van der Waals surface area contributed by atoms with Crippen LogP contribution >= 0.6 is 0 Å². The third-order valence-electron chi connectivity index (χ3n) is 5.07. The van der Waals surface area contributed by atoms with E-state index in [0.717, 1.165) is 18.4 Å². The lowest BCUT2D eigenvalue weighted by molar-refractivity contribution is 0.0951. The number of carbonyl (C=O) groups is 1. The molecule has 2 aromatic rings. The second-order valence-electron chi connectivity index (χ2n) is 7.28. The maximum absolute atomic E-state index is 12.7. The molecule has 1 aliphatic rings. The van der Waals surface area contributed by atoms with Gasteiger partial charge in [-0.1, -0.05) is 36.8 Å². The third-order valence-corrected chi connectivity index (χ3v) is 6.98. The first kappa shape index (κ1) is 19.6. The third kappa shape index (κ3) is 4.76. The van der Waals surface area contributed by atoms with Gasteiger partial charge in [0.2, 0.25) is 10.0 Å².